The summed E-state index contributed by atoms with van der Waals surface area (Å²) in [5.41, 5.74) is 2.15. The van der Waals surface area contributed by atoms with E-state index in [1.165, 1.54) is 0 Å². The first-order valence-corrected chi connectivity index (χ1v) is 9.70. The lowest BCUT2D eigenvalue weighted by atomic mass is 10.1. The predicted octanol–water partition coefficient (Wildman–Crippen LogP) is 2.76. The zero-order valence-electron chi connectivity index (χ0n) is 16.6. The molecule has 2 aromatic heterocycles. The number of rotatable bonds is 4. The van der Waals surface area contributed by atoms with Crippen molar-refractivity contribution in [3.8, 4) is 6.07 Å². The number of piperazine rings is 1. The van der Waals surface area contributed by atoms with Crippen LogP contribution in [0.15, 0.2) is 54.7 Å². The highest BCUT2D eigenvalue weighted by molar-refractivity contribution is 5.94. The number of amides is 1. The fraction of sp³-hybridized carbons (Fsp3) is 0.227. The van der Waals surface area contributed by atoms with Gasteiger partial charge in [0.05, 0.1) is 11.6 Å². The minimum atomic E-state index is -0.0527. The third kappa shape index (κ3) is 4.36. The van der Waals surface area contributed by atoms with Gasteiger partial charge in [0.2, 0.25) is 0 Å². The van der Waals surface area contributed by atoms with Gasteiger partial charge in [-0.2, -0.15) is 5.26 Å². The van der Waals surface area contributed by atoms with Crippen molar-refractivity contribution >= 4 is 23.4 Å². The first kappa shape index (κ1) is 19.3. The Bertz CT molecular complexity index is 1080. The summed E-state index contributed by atoms with van der Waals surface area (Å²) >= 11 is 0. The van der Waals surface area contributed by atoms with Crippen LogP contribution in [-0.2, 0) is 0 Å². The zero-order chi connectivity index (χ0) is 20.9. The average Bonchev–Trinajstić information content (AvgIpc) is 2.79. The van der Waals surface area contributed by atoms with E-state index in [4.69, 9.17) is 5.26 Å². The highest BCUT2D eigenvalue weighted by Gasteiger charge is 2.23. The Kier molecular flexibility index (Phi) is 5.52. The van der Waals surface area contributed by atoms with Crippen molar-refractivity contribution in [3.05, 3.63) is 71.4 Å². The number of nitrogens with zero attached hydrogens (tertiary/aromatic N) is 6. The van der Waals surface area contributed by atoms with E-state index >= 15 is 0 Å². The lowest BCUT2D eigenvalue weighted by Gasteiger charge is -2.35. The second-order valence-electron chi connectivity index (χ2n) is 7.09. The first-order valence-electron chi connectivity index (χ1n) is 9.70. The maximum atomic E-state index is 12.7. The van der Waals surface area contributed by atoms with Crippen LogP contribution in [0.25, 0.3) is 0 Å². The minimum Gasteiger partial charge on any atom is -0.352 e. The van der Waals surface area contributed by atoms with E-state index in [1.54, 1.807) is 35.4 Å². The van der Waals surface area contributed by atoms with Gasteiger partial charge in [-0.25, -0.2) is 4.98 Å². The van der Waals surface area contributed by atoms with E-state index < -0.39 is 0 Å². The van der Waals surface area contributed by atoms with Crippen LogP contribution in [0.1, 0.15) is 21.5 Å². The summed E-state index contributed by atoms with van der Waals surface area (Å²) in [5, 5.41) is 20.7. The van der Waals surface area contributed by atoms with Crippen molar-refractivity contribution in [1.29, 1.82) is 5.26 Å². The summed E-state index contributed by atoms with van der Waals surface area (Å²) in [6.07, 6.45) is 1.75. The molecule has 3 aromatic rings. The second-order valence-corrected chi connectivity index (χ2v) is 7.09. The van der Waals surface area contributed by atoms with Gasteiger partial charge in [-0.05, 0) is 55.0 Å². The van der Waals surface area contributed by atoms with Gasteiger partial charge in [-0.15, -0.1) is 10.2 Å². The molecule has 0 saturated carbocycles. The average molecular weight is 399 g/mol. The third-order valence-electron chi connectivity index (χ3n) is 4.95. The number of hydrogen-bond donors (Lipinski definition) is 1. The fourth-order valence-electron chi connectivity index (χ4n) is 3.34. The fourth-order valence-corrected chi connectivity index (χ4v) is 3.34. The van der Waals surface area contributed by atoms with Gasteiger partial charge in [0.1, 0.15) is 5.82 Å². The van der Waals surface area contributed by atoms with E-state index in [-0.39, 0.29) is 5.91 Å². The number of aromatic nitrogens is 3. The van der Waals surface area contributed by atoms with Crippen molar-refractivity contribution in [1.82, 2.24) is 20.1 Å². The molecule has 1 saturated heterocycles. The number of hydrogen-bond acceptors (Lipinski definition) is 7. The molecule has 8 nitrogen and oxygen atoms in total. The zero-order valence-corrected chi connectivity index (χ0v) is 16.6. The number of aryl methyl sites for hydroxylation is 1. The van der Waals surface area contributed by atoms with Crippen LogP contribution in [0, 0.1) is 18.3 Å². The van der Waals surface area contributed by atoms with Crippen molar-refractivity contribution in [2.45, 2.75) is 6.92 Å². The second kappa shape index (κ2) is 8.57. The summed E-state index contributed by atoms with van der Waals surface area (Å²) in [6.45, 7) is 4.52. The topological polar surface area (TPSA) is 98.0 Å². The van der Waals surface area contributed by atoms with E-state index in [0.717, 1.165) is 17.2 Å². The summed E-state index contributed by atoms with van der Waals surface area (Å²) in [5.74, 6) is 2.08. The van der Waals surface area contributed by atoms with E-state index in [2.05, 4.69) is 31.5 Å². The van der Waals surface area contributed by atoms with Gasteiger partial charge in [0.25, 0.3) is 5.91 Å². The van der Waals surface area contributed by atoms with Gasteiger partial charge in [-0.3, -0.25) is 4.79 Å². The molecule has 1 N–H and O–H groups in total. The van der Waals surface area contributed by atoms with Gasteiger partial charge in [0, 0.05) is 37.9 Å². The molecule has 8 heteroatoms. The molecule has 0 aliphatic carbocycles. The largest absolute Gasteiger partial charge is 0.352 e. The molecule has 1 aromatic carbocycles. The quantitative estimate of drug-likeness (QED) is 0.720. The maximum Gasteiger partial charge on any atom is 0.254 e. The predicted molar refractivity (Wildman–Crippen MR) is 114 cm³/mol. The maximum absolute atomic E-state index is 12.7. The van der Waals surface area contributed by atoms with Gasteiger partial charge < -0.3 is 15.1 Å². The highest BCUT2D eigenvalue weighted by atomic mass is 16.2. The Labute approximate surface area is 174 Å². The number of pyridine rings is 1. The molecule has 150 valence electrons. The van der Waals surface area contributed by atoms with Crippen LogP contribution in [0.3, 0.4) is 0 Å². The molecule has 30 heavy (non-hydrogen) atoms. The third-order valence-corrected chi connectivity index (χ3v) is 4.95. The van der Waals surface area contributed by atoms with Crippen molar-refractivity contribution in [2.75, 3.05) is 36.4 Å². The minimum absolute atomic E-state index is 0.0527. The van der Waals surface area contributed by atoms with Crippen LogP contribution in [0.2, 0.25) is 0 Å². The molecule has 4 rings (SSSR count). The van der Waals surface area contributed by atoms with Crippen LogP contribution in [0.5, 0.6) is 0 Å². The number of carbonyl (C=O) groups excluding carboxylic acids is 1. The summed E-state index contributed by atoms with van der Waals surface area (Å²) in [4.78, 5) is 20.9. The molecule has 0 atom stereocenters. The standard InChI is InChI=1S/C22H21N7O/c1-16-7-8-24-20(13-16)25-19-5-6-21(27-26-19)28-9-11-29(12-10-28)22(30)18-4-2-3-17(14-18)15-23/h2-8,13-14H,9-12H2,1H3,(H,24,25,26). The number of nitriles is 1. The lowest BCUT2D eigenvalue weighted by molar-refractivity contribution is 0.0746. The number of benzene rings is 1. The monoisotopic (exact) mass is 399 g/mol. The van der Waals surface area contributed by atoms with Crippen LogP contribution in [-0.4, -0.2) is 52.2 Å². The molecule has 1 amide bonds. The Morgan fingerprint density at radius 2 is 1.87 bits per heavy atom. The van der Waals surface area contributed by atoms with Crippen molar-refractivity contribution in [3.63, 3.8) is 0 Å². The molecular weight excluding hydrogens is 378 g/mol. The van der Waals surface area contributed by atoms with Gasteiger partial charge in [-0.1, -0.05) is 6.07 Å². The normalized spacial score (nSPS) is 13.6. The number of nitrogens with one attached hydrogen (secondary N) is 1. The molecule has 1 aliphatic heterocycles. The summed E-state index contributed by atoms with van der Waals surface area (Å²) < 4.78 is 0. The molecule has 1 fully saturated rings. The lowest BCUT2D eigenvalue weighted by Crippen LogP contribution is -2.49. The van der Waals surface area contributed by atoms with Crippen LogP contribution < -0.4 is 10.2 Å². The Morgan fingerprint density at radius 3 is 2.57 bits per heavy atom. The van der Waals surface area contributed by atoms with Crippen LogP contribution in [0.4, 0.5) is 17.5 Å². The number of anilines is 3. The van der Waals surface area contributed by atoms with Crippen molar-refractivity contribution in [2.24, 2.45) is 0 Å². The first-order chi connectivity index (χ1) is 14.6. The molecule has 0 radical (unpaired) electrons. The Balaban J connectivity index is 1.36. The van der Waals surface area contributed by atoms with Crippen LogP contribution >= 0.6 is 0 Å². The smallest absolute Gasteiger partial charge is 0.254 e. The van der Waals surface area contributed by atoms with E-state index in [0.29, 0.717) is 43.1 Å². The van der Waals surface area contributed by atoms with E-state index in [9.17, 15) is 4.79 Å². The summed E-state index contributed by atoms with van der Waals surface area (Å²) in [7, 11) is 0. The van der Waals surface area contributed by atoms with Gasteiger partial charge >= 0.3 is 0 Å². The molecule has 0 unspecified atom stereocenters. The molecule has 0 spiro atoms. The molecular formula is C22H21N7O. The number of carbonyl (C=O) groups is 1. The molecule has 3 heterocycles. The Morgan fingerprint density at radius 1 is 1.03 bits per heavy atom. The van der Waals surface area contributed by atoms with Crippen molar-refractivity contribution < 1.29 is 4.79 Å². The molecule has 1 aliphatic rings. The highest BCUT2D eigenvalue weighted by Crippen LogP contribution is 2.18. The summed E-state index contributed by atoms with van der Waals surface area (Å²) in [6, 6.07) is 16.5. The van der Waals surface area contributed by atoms with Gasteiger partial charge in [0.15, 0.2) is 11.6 Å². The molecule has 0 bridgehead atoms. The van der Waals surface area contributed by atoms with E-state index in [1.807, 2.05) is 31.2 Å². The SMILES string of the molecule is Cc1ccnc(Nc2ccc(N3CCN(C(=O)c4cccc(C#N)c4)CC3)nn2)c1. The Hall–Kier alpha value is -3.99.